The predicted octanol–water partition coefficient (Wildman–Crippen LogP) is 1.99. The zero-order valence-corrected chi connectivity index (χ0v) is 13.1. The van der Waals surface area contributed by atoms with Gasteiger partial charge >= 0.3 is 0 Å². The van der Waals surface area contributed by atoms with Gasteiger partial charge in [-0.25, -0.2) is 10.4 Å². The highest BCUT2D eigenvalue weighted by molar-refractivity contribution is 6.25. The van der Waals surface area contributed by atoms with Gasteiger partial charge in [0.1, 0.15) is 5.75 Å². The average Bonchev–Trinajstić information content (AvgIpc) is 2.57. The Morgan fingerprint density at radius 1 is 1.09 bits per heavy atom. The summed E-state index contributed by atoms with van der Waals surface area (Å²) in [5.41, 5.74) is 3.80. The molecule has 23 heavy (non-hydrogen) atoms. The SMILES string of the molecule is CCOc1ccc2c3c(cccc13)C(=O)N(NCCOC)C2=O. The normalized spacial score (nSPS) is 13.7. The zero-order valence-electron chi connectivity index (χ0n) is 13.1. The van der Waals surface area contributed by atoms with Gasteiger partial charge in [0.2, 0.25) is 0 Å². The van der Waals surface area contributed by atoms with Crippen molar-refractivity contribution in [3.8, 4) is 5.75 Å². The van der Waals surface area contributed by atoms with Crippen molar-refractivity contribution in [2.24, 2.45) is 0 Å². The summed E-state index contributed by atoms with van der Waals surface area (Å²) in [6.07, 6.45) is 0. The largest absolute Gasteiger partial charge is 0.493 e. The molecule has 0 aliphatic carbocycles. The van der Waals surface area contributed by atoms with Crippen LogP contribution in [0.4, 0.5) is 0 Å². The minimum atomic E-state index is -0.363. The van der Waals surface area contributed by atoms with Crippen LogP contribution in [0.15, 0.2) is 30.3 Å². The van der Waals surface area contributed by atoms with Crippen LogP contribution in [0.1, 0.15) is 27.6 Å². The number of hydrogen-bond acceptors (Lipinski definition) is 5. The van der Waals surface area contributed by atoms with E-state index in [1.54, 1.807) is 31.4 Å². The molecule has 0 bridgehead atoms. The van der Waals surface area contributed by atoms with Gasteiger partial charge in [-0.15, -0.1) is 0 Å². The molecular formula is C17H18N2O4. The van der Waals surface area contributed by atoms with Gasteiger partial charge in [0, 0.05) is 24.4 Å². The molecule has 0 spiro atoms. The van der Waals surface area contributed by atoms with Crippen LogP contribution < -0.4 is 10.2 Å². The third kappa shape index (κ3) is 2.56. The number of methoxy groups -OCH3 is 1. The van der Waals surface area contributed by atoms with E-state index >= 15 is 0 Å². The molecule has 1 aliphatic heterocycles. The first kappa shape index (κ1) is 15.5. The first-order valence-corrected chi connectivity index (χ1v) is 7.48. The molecule has 0 unspecified atom stereocenters. The minimum Gasteiger partial charge on any atom is -0.493 e. The molecule has 6 nitrogen and oxygen atoms in total. The smallest absolute Gasteiger partial charge is 0.275 e. The van der Waals surface area contributed by atoms with Gasteiger partial charge in [-0.3, -0.25) is 9.59 Å². The van der Waals surface area contributed by atoms with Gasteiger partial charge in [-0.2, -0.15) is 0 Å². The van der Waals surface area contributed by atoms with Gasteiger partial charge in [-0.05, 0) is 25.1 Å². The van der Waals surface area contributed by atoms with E-state index in [1.165, 1.54) is 0 Å². The van der Waals surface area contributed by atoms with Gasteiger partial charge in [0.15, 0.2) is 0 Å². The van der Waals surface area contributed by atoms with Crippen molar-refractivity contribution in [1.82, 2.24) is 10.4 Å². The summed E-state index contributed by atoms with van der Waals surface area (Å²) in [4.78, 5) is 25.3. The molecule has 0 saturated carbocycles. The lowest BCUT2D eigenvalue weighted by Crippen LogP contribution is -2.50. The number of amides is 2. The Labute approximate surface area is 133 Å². The van der Waals surface area contributed by atoms with E-state index in [2.05, 4.69) is 5.43 Å². The molecule has 0 atom stereocenters. The maximum Gasteiger partial charge on any atom is 0.275 e. The van der Waals surface area contributed by atoms with E-state index in [-0.39, 0.29) is 11.8 Å². The third-order valence-corrected chi connectivity index (χ3v) is 3.74. The Kier molecular flexibility index (Phi) is 4.27. The van der Waals surface area contributed by atoms with E-state index in [9.17, 15) is 9.59 Å². The highest BCUT2D eigenvalue weighted by Gasteiger charge is 2.33. The molecule has 2 amide bonds. The minimum absolute atomic E-state index is 0.363. The number of nitrogens with one attached hydrogen (secondary N) is 1. The van der Waals surface area contributed by atoms with Gasteiger partial charge in [0.05, 0.1) is 24.3 Å². The first-order chi connectivity index (χ1) is 11.2. The van der Waals surface area contributed by atoms with E-state index in [1.807, 2.05) is 13.0 Å². The average molecular weight is 314 g/mol. The summed E-state index contributed by atoms with van der Waals surface area (Å²) in [6.45, 7) is 3.19. The molecule has 1 aliphatic rings. The molecule has 120 valence electrons. The monoisotopic (exact) mass is 314 g/mol. The number of imide groups is 1. The van der Waals surface area contributed by atoms with E-state index in [4.69, 9.17) is 9.47 Å². The number of nitrogens with zero attached hydrogens (tertiary/aromatic N) is 1. The quantitative estimate of drug-likeness (QED) is 0.652. The first-order valence-electron chi connectivity index (χ1n) is 7.48. The lowest BCUT2D eigenvalue weighted by atomic mass is 9.94. The number of benzene rings is 2. The van der Waals surface area contributed by atoms with Crippen LogP contribution in [0.3, 0.4) is 0 Å². The molecule has 6 heteroatoms. The summed E-state index contributed by atoms with van der Waals surface area (Å²) in [5, 5.41) is 2.48. The zero-order chi connectivity index (χ0) is 16.4. The molecule has 1 N–H and O–H groups in total. The van der Waals surface area contributed by atoms with Gasteiger partial charge in [-0.1, -0.05) is 12.1 Å². The highest BCUT2D eigenvalue weighted by atomic mass is 16.5. The molecule has 1 heterocycles. The predicted molar refractivity (Wildman–Crippen MR) is 85.5 cm³/mol. The second-order valence-electron chi connectivity index (χ2n) is 5.12. The van der Waals surface area contributed by atoms with Crippen LogP contribution in [-0.4, -0.2) is 43.7 Å². The molecule has 0 radical (unpaired) electrons. The summed E-state index contributed by atoms with van der Waals surface area (Å²) < 4.78 is 10.6. The van der Waals surface area contributed by atoms with E-state index in [0.29, 0.717) is 42.0 Å². The molecule has 0 saturated heterocycles. The Morgan fingerprint density at radius 3 is 2.52 bits per heavy atom. The van der Waals surface area contributed by atoms with Crippen LogP contribution in [0, 0.1) is 0 Å². The van der Waals surface area contributed by atoms with Gasteiger partial charge < -0.3 is 9.47 Å². The Balaban J connectivity index is 2.09. The van der Waals surface area contributed by atoms with Crippen molar-refractivity contribution in [1.29, 1.82) is 0 Å². The maximum atomic E-state index is 12.6. The summed E-state index contributed by atoms with van der Waals surface area (Å²) in [6, 6.07) is 8.86. The number of hydrazine groups is 1. The van der Waals surface area contributed by atoms with Crippen molar-refractivity contribution < 1.29 is 19.1 Å². The molecule has 3 rings (SSSR count). The fourth-order valence-electron chi connectivity index (χ4n) is 2.75. The van der Waals surface area contributed by atoms with Crippen molar-refractivity contribution in [2.75, 3.05) is 26.9 Å². The second-order valence-corrected chi connectivity index (χ2v) is 5.12. The fourth-order valence-corrected chi connectivity index (χ4v) is 2.75. The van der Waals surface area contributed by atoms with E-state index < -0.39 is 0 Å². The molecule has 0 fully saturated rings. The molecular weight excluding hydrogens is 296 g/mol. The molecule has 2 aromatic rings. The molecule has 2 aromatic carbocycles. The maximum absolute atomic E-state index is 12.6. The number of hydrogen-bond donors (Lipinski definition) is 1. The van der Waals surface area contributed by atoms with Crippen molar-refractivity contribution in [2.45, 2.75) is 6.92 Å². The standard InChI is InChI=1S/C17H18N2O4/c1-3-23-14-8-7-13-15-11(14)5-4-6-12(15)16(20)19(17(13)21)18-9-10-22-2/h4-8,18H,3,9-10H2,1-2H3. The lowest BCUT2D eigenvalue weighted by molar-refractivity contribution is 0.0500. The number of ether oxygens (including phenoxy) is 2. The van der Waals surface area contributed by atoms with Crippen molar-refractivity contribution in [3.05, 3.63) is 41.5 Å². The number of rotatable bonds is 6. The third-order valence-electron chi connectivity index (χ3n) is 3.74. The van der Waals surface area contributed by atoms with Crippen molar-refractivity contribution in [3.63, 3.8) is 0 Å². The topological polar surface area (TPSA) is 67.9 Å². The summed E-state index contributed by atoms with van der Waals surface area (Å²) >= 11 is 0. The highest BCUT2D eigenvalue weighted by Crippen LogP contribution is 2.34. The summed E-state index contributed by atoms with van der Waals surface area (Å²) in [5.74, 6) is -0.0507. The van der Waals surface area contributed by atoms with E-state index in [0.717, 1.165) is 10.4 Å². The van der Waals surface area contributed by atoms with Crippen LogP contribution in [-0.2, 0) is 4.74 Å². The van der Waals surface area contributed by atoms with Crippen LogP contribution in [0.5, 0.6) is 5.75 Å². The van der Waals surface area contributed by atoms with Crippen molar-refractivity contribution >= 4 is 22.6 Å². The van der Waals surface area contributed by atoms with Crippen LogP contribution >= 0.6 is 0 Å². The Hall–Kier alpha value is -2.44. The van der Waals surface area contributed by atoms with Crippen LogP contribution in [0.2, 0.25) is 0 Å². The fraction of sp³-hybridized carbons (Fsp3) is 0.294. The Morgan fingerprint density at radius 2 is 1.83 bits per heavy atom. The van der Waals surface area contributed by atoms with Gasteiger partial charge in [0.25, 0.3) is 11.8 Å². The second kappa shape index (κ2) is 6.36. The Bertz CT molecular complexity index is 750. The number of carbonyl (C=O) groups is 2. The number of carbonyl (C=O) groups excluding carboxylic acids is 2. The molecule has 0 aromatic heterocycles. The van der Waals surface area contributed by atoms with Crippen LogP contribution in [0.25, 0.3) is 10.8 Å². The summed E-state index contributed by atoms with van der Waals surface area (Å²) in [7, 11) is 1.56. The lowest BCUT2D eigenvalue weighted by Gasteiger charge is -2.27.